The third-order valence-corrected chi connectivity index (χ3v) is 12.5. The van der Waals surface area contributed by atoms with Crippen LogP contribution in [0.4, 0.5) is 11.5 Å². The maximum atomic E-state index is 10.7. The van der Waals surface area contributed by atoms with Crippen molar-refractivity contribution in [3.8, 4) is 11.8 Å². The first-order valence-electron chi connectivity index (χ1n) is 16.5. The molecule has 6 heterocycles. The summed E-state index contributed by atoms with van der Waals surface area (Å²) in [5, 5.41) is 16.7. The molecule has 43 heavy (non-hydrogen) atoms. The number of anilines is 2. The van der Waals surface area contributed by atoms with Crippen molar-refractivity contribution in [2.75, 3.05) is 42.6 Å². The maximum Gasteiger partial charge on any atom is 0.318 e. The summed E-state index contributed by atoms with van der Waals surface area (Å²) in [6, 6.07) is 12.5. The van der Waals surface area contributed by atoms with E-state index in [0.717, 1.165) is 60.6 Å². The molecule has 2 bridgehead atoms. The van der Waals surface area contributed by atoms with Gasteiger partial charge >= 0.3 is 6.01 Å². The molecule has 3 aromatic rings. The van der Waals surface area contributed by atoms with Crippen LogP contribution in [0.2, 0.25) is 0 Å². The summed E-state index contributed by atoms with van der Waals surface area (Å²) in [5.41, 5.74) is 3.59. The van der Waals surface area contributed by atoms with E-state index in [-0.39, 0.29) is 5.54 Å². The van der Waals surface area contributed by atoms with Gasteiger partial charge in [-0.1, -0.05) is 18.6 Å². The minimum absolute atomic E-state index is 0.159. The molecule has 0 amide bonds. The Labute approximate surface area is 267 Å². The van der Waals surface area contributed by atoms with Gasteiger partial charge in [-0.15, -0.1) is 0 Å². The molecule has 1 aliphatic carbocycles. The fraction of sp³-hybridized carbons (Fsp3) is 0.588. The van der Waals surface area contributed by atoms with Crippen LogP contribution < -0.4 is 19.9 Å². The molecule has 2 N–H and O–H groups in total. The summed E-state index contributed by atoms with van der Waals surface area (Å²) >= 11 is 2.42. The quantitative estimate of drug-likeness (QED) is 0.353. The number of piperazine rings is 1. The number of fused-ring (bicyclic) bond motifs is 7. The fourth-order valence-electron chi connectivity index (χ4n) is 9.75. The van der Waals surface area contributed by atoms with E-state index in [1.54, 1.807) is 0 Å². The summed E-state index contributed by atoms with van der Waals surface area (Å²) in [5.74, 6) is 2.24. The van der Waals surface area contributed by atoms with Gasteiger partial charge in [0.25, 0.3) is 0 Å². The monoisotopic (exact) mass is 692 g/mol. The highest BCUT2D eigenvalue weighted by molar-refractivity contribution is 14.1. The lowest BCUT2D eigenvalue weighted by molar-refractivity contribution is 0.0829. The van der Waals surface area contributed by atoms with Crippen molar-refractivity contribution in [2.45, 2.75) is 88.0 Å². The van der Waals surface area contributed by atoms with Gasteiger partial charge in [-0.25, -0.2) is 0 Å². The SMILES string of the molecule is Oc1cc(N2CCc3c(nc(OC[C@]45CCCN4[C@@H]4CCC[C@@H]4C5)nc3N3CC4CCC(C3)N4)C2)c2c(I)cccc2c1. The van der Waals surface area contributed by atoms with E-state index in [9.17, 15) is 5.11 Å². The predicted molar refractivity (Wildman–Crippen MR) is 177 cm³/mol. The molecule has 5 fully saturated rings. The Morgan fingerprint density at radius 3 is 2.79 bits per heavy atom. The topological polar surface area (TPSA) is 77.0 Å². The number of aromatic nitrogens is 2. The van der Waals surface area contributed by atoms with Crippen LogP contribution in [0.25, 0.3) is 10.8 Å². The van der Waals surface area contributed by atoms with Gasteiger partial charge < -0.3 is 25.0 Å². The maximum absolute atomic E-state index is 10.7. The molecule has 8 nitrogen and oxygen atoms in total. The largest absolute Gasteiger partial charge is 0.508 e. The van der Waals surface area contributed by atoms with Crippen molar-refractivity contribution in [1.29, 1.82) is 0 Å². The van der Waals surface area contributed by atoms with Gasteiger partial charge in [0.1, 0.15) is 18.2 Å². The second-order valence-corrected chi connectivity index (χ2v) is 15.2. The number of ether oxygens (including phenoxy) is 1. The van der Waals surface area contributed by atoms with Gasteiger partial charge in [0.05, 0.1) is 17.8 Å². The van der Waals surface area contributed by atoms with Crippen molar-refractivity contribution in [2.24, 2.45) is 5.92 Å². The van der Waals surface area contributed by atoms with E-state index in [0.29, 0.717) is 37.0 Å². The van der Waals surface area contributed by atoms with Crippen molar-refractivity contribution in [3.05, 3.63) is 45.2 Å². The Bertz CT molecular complexity index is 1570. The summed E-state index contributed by atoms with van der Waals surface area (Å²) in [6.07, 6.45) is 11.3. The Morgan fingerprint density at radius 1 is 1.02 bits per heavy atom. The number of rotatable bonds is 5. The molecule has 0 spiro atoms. The van der Waals surface area contributed by atoms with Gasteiger partial charge in [0.2, 0.25) is 0 Å². The smallest absolute Gasteiger partial charge is 0.318 e. The molecule has 2 unspecified atom stereocenters. The summed E-state index contributed by atoms with van der Waals surface area (Å²) in [6.45, 7) is 5.47. The van der Waals surface area contributed by atoms with E-state index < -0.39 is 0 Å². The van der Waals surface area contributed by atoms with Crippen molar-refractivity contribution >= 4 is 44.9 Å². The summed E-state index contributed by atoms with van der Waals surface area (Å²) in [7, 11) is 0. The van der Waals surface area contributed by atoms with Crippen LogP contribution in [0, 0.1) is 9.49 Å². The normalized spacial score (nSPS) is 31.5. The number of benzene rings is 2. The molecular formula is C34H41IN6O2. The van der Waals surface area contributed by atoms with Gasteiger partial charge in [0, 0.05) is 64.0 Å². The average Bonchev–Trinajstić information content (AvgIpc) is 3.76. The molecule has 4 saturated heterocycles. The predicted octanol–water partition coefficient (Wildman–Crippen LogP) is 5.23. The molecule has 2 aromatic carbocycles. The zero-order valence-corrected chi connectivity index (χ0v) is 26.9. The Hall–Kier alpha value is -2.37. The number of nitrogens with zero attached hydrogens (tertiary/aromatic N) is 5. The van der Waals surface area contributed by atoms with Crippen molar-refractivity contribution < 1.29 is 9.84 Å². The van der Waals surface area contributed by atoms with Crippen LogP contribution in [-0.4, -0.2) is 76.4 Å². The highest BCUT2D eigenvalue weighted by Crippen LogP contribution is 2.51. The molecular weight excluding hydrogens is 651 g/mol. The highest BCUT2D eigenvalue weighted by atomic mass is 127. The number of hydrogen-bond donors (Lipinski definition) is 2. The number of phenols is 1. The molecule has 226 valence electrons. The minimum atomic E-state index is 0.159. The third kappa shape index (κ3) is 4.50. The summed E-state index contributed by atoms with van der Waals surface area (Å²) in [4.78, 5) is 18.1. The van der Waals surface area contributed by atoms with Crippen LogP contribution >= 0.6 is 22.6 Å². The van der Waals surface area contributed by atoms with Gasteiger partial charge in [0.15, 0.2) is 0 Å². The van der Waals surface area contributed by atoms with E-state index >= 15 is 0 Å². The van der Waals surface area contributed by atoms with Crippen LogP contribution in [0.3, 0.4) is 0 Å². The number of phenolic OH excluding ortho intramolecular Hbond substituents is 1. The molecule has 9 rings (SSSR count). The van der Waals surface area contributed by atoms with Crippen LogP contribution in [0.15, 0.2) is 30.3 Å². The Morgan fingerprint density at radius 2 is 1.91 bits per heavy atom. The summed E-state index contributed by atoms with van der Waals surface area (Å²) < 4.78 is 7.91. The van der Waals surface area contributed by atoms with Gasteiger partial charge in [-0.2, -0.15) is 9.97 Å². The minimum Gasteiger partial charge on any atom is -0.508 e. The number of nitrogens with one attached hydrogen (secondary N) is 1. The average molecular weight is 693 g/mol. The number of aromatic hydroxyl groups is 1. The van der Waals surface area contributed by atoms with E-state index in [4.69, 9.17) is 14.7 Å². The zero-order chi connectivity index (χ0) is 28.7. The molecule has 5 atom stereocenters. The molecule has 6 aliphatic rings. The molecule has 1 aromatic heterocycles. The Balaban J connectivity index is 1.06. The third-order valence-electron chi connectivity index (χ3n) is 11.6. The van der Waals surface area contributed by atoms with Gasteiger partial charge in [-0.05, 0) is 104 Å². The van der Waals surface area contributed by atoms with E-state index in [2.05, 4.69) is 60.8 Å². The molecule has 0 radical (unpaired) electrons. The standard InChI is InChI=1S/C34H41IN6O2/c35-27-6-1-4-21-14-25(42)15-30(31(21)27)39-13-10-26-28(19-39)37-33(38-32(26)40-17-23-8-9-24(18-40)36-23)43-20-34-11-3-12-41(34)29-7-2-5-22(29)16-34/h1,4,6,14-15,22-24,29,36,42H,2-3,5,7-13,16-20H2/t22-,23?,24?,29-,34-/m1/s1. The first-order chi connectivity index (χ1) is 21.0. The first-order valence-corrected chi connectivity index (χ1v) is 17.6. The van der Waals surface area contributed by atoms with E-state index in [1.165, 1.54) is 72.4 Å². The number of halogens is 1. The van der Waals surface area contributed by atoms with Gasteiger partial charge in [-0.3, -0.25) is 4.90 Å². The molecule has 5 aliphatic heterocycles. The van der Waals surface area contributed by atoms with E-state index in [1.807, 2.05) is 12.1 Å². The van der Waals surface area contributed by atoms with Crippen LogP contribution in [0.1, 0.15) is 62.6 Å². The van der Waals surface area contributed by atoms with Crippen LogP contribution in [0.5, 0.6) is 11.8 Å². The lowest BCUT2D eigenvalue weighted by atomic mass is 9.90. The van der Waals surface area contributed by atoms with Crippen molar-refractivity contribution in [1.82, 2.24) is 20.2 Å². The molecule has 1 saturated carbocycles. The fourth-order valence-corrected chi connectivity index (χ4v) is 10.5. The molecule has 9 heteroatoms. The lowest BCUT2D eigenvalue weighted by Crippen LogP contribution is -2.52. The second kappa shape index (κ2) is 10.3. The first kappa shape index (κ1) is 27.0. The zero-order valence-electron chi connectivity index (χ0n) is 24.8. The highest BCUT2D eigenvalue weighted by Gasteiger charge is 2.55. The lowest BCUT2D eigenvalue weighted by Gasteiger charge is -2.38. The Kier molecular flexibility index (Phi) is 6.49. The number of hydrogen-bond acceptors (Lipinski definition) is 8. The second-order valence-electron chi connectivity index (χ2n) is 14.0. The van der Waals surface area contributed by atoms with Crippen LogP contribution in [-0.2, 0) is 13.0 Å². The van der Waals surface area contributed by atoms with Crippen molar-refractivity contribution in [3.63, 3.8) is 0 Å².